The Labute approximate surface area is 141 Å². The number of hydrogen-bond donors (Lipinski definition) is 4. The number of rotatable bonds is 5. The van der Waals surface area contributed by atoms with Gasteiger partial charge >= 0.3 is 0 Å². The number of nitrogens with two attached hydrogens (primary N) is 1. The van der Waals surface area contributed by atoms with Crippen LogP contribution in [0.25, 0.3) is 0 Å². The molecule has 0 aliphatic carbocycles. The lowest BCUT2D eigenvalue weighted by Crippen LogP contribution is -2.23. The second kappa shape index (κ2) is 7.03. The number of primary sulfonamides is 1. The molecule has 0 bridgehead atoms. The van der Waals surface area contributed by atoms with Crippen molar-refractivity contribution < 1.29 is 18.3 Å². The number of aromatic nitrogens is 2. The number of nitrogens with zero attached hydrogens (tertiary/aromatic N) is 1. The van der Waals surface area contributed by atoms with Gasteiger partial charge in [-0.3, -0.25) is 9.59 Å². The normalized spacial score (nSPS) is 12.6. The number of sulfonamides is 1. The van der Waals surface area contributed by atoms with E-state index in [0.29, 0.717) is 5.69 Å². The summed E-state index contributed by atoms with van der Waals surface area (Å²) in [5.41, 5.74) is -0.145. The molecule has 24 heavy (non-hydrogen) atoms. The Morgan fingerprint density at radius 3 is 2.54 bits per heavy atom. The predicted molar refractivity (Wildman–Crippen MR) is 88.3 cm³/mol. The Morgan fingerprint density at radius 1 is 1.38 bits per heavy atom. The van der Waals surface area contributed by atoms with Gasteiger partial charge in [-0.2, -0.15) is 4.98 Å². The van der Waals surface area contributed by atoms with Crippen molar-refractivity contribution in [2.45, 2.75) is 22.2 Å². The summed E-state index contributed by atoms with van der Waals surface area (Å²) in [6.45, 7) is 1.59. The van der Waals surface area contributed by atoms with Gasteiger partial charge in [-0.15, -0.1) is 0 Å². The number of benzene rings is 1. The summed E-state index contributed by atoms with van der Waals surface area (Å²) in [6.07, 6.45) is 0. The summed E-state index contributed by atoms with van der Waals surface area (Å²) < 4.78 is 22.3. The van der Waals surface area contributed by atoms with Crippen LogP contribution in [-0.2, 0) is 14.8 Å². The molecule has 1 aromatic carbocycles. The number of H-pyrrole nitrogens is 1. The summed E-state index contributed by atoms with van der Waals surface area (Å²) in [5.74, 6) is -0.832. The van der Waals surface area contributed by atoms with Gasteiger partial charge in [-0.25, -0.2) is 13.6 Å². The lowest BCUT2D eigenvalue weighted by atomic mass is 10.3. The topological polar surface area (TPSA) is 155 Å². The molecule has 128 valence electrons. The van der Waals surface area contributed by atoms with Gasteiger partial charge in [0.2, 0.25) is 21.8 Å². The second-order valence-corrected chi connectivity index (χ2v) is 7.62. The minimum absolute atomic E-state index is 0.0653. The fourth-order valence-corrected chi connectivity index (χ4v) is 2.99. The van der Waals surface area contributed by atoms with Gasteiger partial charge < -0.3 is 15.4 Å². The van der Waals surface area contributed by atoms with Crippen molar-refractivity contribution in [3.8, 4) is 5.88 Å². The van der Waals surface area contributed by atoms with Crippen molar-refractivity contribution in [3.05, 3.63) is 40.7 Å². The molecule has 2 rings (SSSR count). The third kappa shape index (κ3) is 4.81. The Morgan fingerprint density at radius 2 is 2.00 bits per heavy atom. The van der Waals surface area contributed by atoms with E-state index in [1.54, 1.807) is 6.92 Å². The predicted octanol–water partition coefficient (Wildman–Crippen LogP) is 0.242. The van der Waals surface area contributed by atoms with E-state index in [-0.39, 0.29) is 10.1 Å². The first-order chi connectivity index (χ1) is 11.1. The third-order valence-electron chi connectivity index (χ3n) is 2.81. The zero-order valence-corrected chi connectivity index (χ0v) is 14.0. The number of aromatic amines is 1. The highest BCUT2D eigenvalue weighted by Gasteiger charge is 2.17. The molecule has 1 aromatic heterocycles. The van der Waals surface area contributed by atoms with Gasteiger partial charge in [0.25, 0.3) is 5.56 Å². The summed E-state index contributed by atoms with van der Waals surface area (Å²) in [4.78, 5) is 29.4. The van der Waals surface area contributed by atoms with Crippen LogP contribution in [0.4, 0.5) is 5.69 Å². The molecule has 0 aliphatic heterocycles. The van der Waals surface area contributed by atoms with Crippen LogP contribution in [0, 0.1) is 0 Å². The maximum atomic E-state index is 12.1. The Kier molecular flexibility index (Phi) is 5.26. The molecule has 1 amide bonds. The van der Waals surface area contributed by atoms with E-state index in [4.69, 9.17) is 5.14 Å². The molecular formula is C13H14N4O5S2. The van der Waals surface area contributed by atoms with E-state index in [2.05, 4.69) is 15.3 Å². The molecule has 0 saturated carbocycles. The molecule has 1 atom stereocenters. The van der Waals surface area contributed by atoms with Crippen LogP contribution >= 0.6 is 11.8 Å². The maximum Gasteiger partial charge on any atom is 0.255 e. The number of aromatic hydroxyl groups is 1. The highest BCUT2D eigenvalue weighted by atomic mass is 32.2. The van der Waals surface area contributed by atoms with Gasteiger partial charge in [0.1, 0.15) is 0 Å². The van der Waals surface area contributed by atoms with E-state index in [1.807, 2.05) is 0 Å². The van der Waals surface area contributed by atoms with Crippen LogP contribution in [-0.4, -0.2) is 34.6 Å². The highest BCUT2D eigenvalue weighted by Crippen LogP contribution is 2.21. The molecule has 11 heteroatoms. The van der Waals surface area contributed by atoms with Crippen LogP contribution in [0.3, 0.4) is 0 Å². The monoisotopic (exact) mass is 370 g/mol. The number of anilines is 1. The number of nitrogens with one attached hydrogen (secondary N) is 2. The Balaban J connectivity index is 2.04. The van der Waals surface area contributed by atoms with Crippen molar-refractivity contribution in [2.75, 3.05) is 5.32 Å². The van der Waals surface area contributed by atoms with E-state index in [0.717, 1.165) is 17.8 Å². The summed E-state index contributed by atoms with van der Waals surface area (Å²) in [7, 11) is -3.80. The standard InChI is InChI=1S/C13H14N4O5S2/c1-7(23-13-16-10(18)6-11(19)17-13)12(20)15-8-2-4-9(5-3-8)24(14,21)22/h2-7H,1H3,(H,15,20)(H2,14,21,22)(H2,16,17,18,19). The van der Waals surface area contributed by atoms with E-state index in [1.165, 1.54) is 24.3 Å². The fourth-order valence-electron chi connectivity index (χ4n) is 1.67. The molecule has 0 aliphatic rings. The summed E-state index contributed by atoms with van der Waals surface area (Å²) in [5, 5.41) is 16.3. The van der Waals surface area contributed by atoms with Crippen molar-refractivity contribution in [3.63, 3.8) is 0 Å². The molecular weight excluding hydrogens is 356 g/mol. The van der Waals surface area contributed by atoms with Gasteiger partial charge in [0.05, 0.1) is 16.2 Å². The second-order valence-electron chi connectivity index (χ2n) is 4.73. The van der Waals surface area contributed by atoms with Gasteiger partial charge in [0, 0.05) is 5.69 Å². The molecule has 0 spiro atoms. The van der Waals surface area contributed by atoms with Gasteiger partial charge in [-0.1, -0.05) is 11.8 Å². The van der Waals surface area contributed by atoms with E-state index < -0.39 is 32.6 Å². The fraction of sp³-hybridized carbons (Fsp3) is 0.154. The quantitative estimate of drug-likeness (QED) is 0.434. The zero-order chi connectivity index (χ0) is 17.9. The number of carbonyl (C=O) groups excluding carboxylic acids is 1. The SMILES string of the molecule is CC(Sc1nc(O)cc(=O)[nH]1)C(=O)Nc1ccc(S(N)(=O)=O)cc1. The molecule has 5 N–H and O–H groups in total. The molecule has 0 fully saturated rings. The largest absolute Gasteiger partial charge is 0.493 e. The van der Waals surface area contributed by atoms with Gasteiger partial charge in [0.15, 0.2) is 5.16 Å². The van der Waals surface area contributed by atoms with Crippen molar-refractivity contribution in [1.82, 2.24) is 9.97 Å². The van der Waals surface area contributed by atoms with Crippen LogP contribution in [0.15, 0.2) is 45.2 Å². The molecule has 0 saturated heterocycles. The first kappa shape index (κ1) is 18.0. The Hall–Kier alpha value is -2.37. The molecule has 1 heterocycles. The smallest absolute Gasteiger partial charge is 0.255 e. The van der Waals surface area contributed by atoms with Crippen molar-refractivity contribution >= 4 is 33.4 Å². The summed E-state index contributed by atoms with van der Waals surface area (Å²) >= 11 is 0.952. The third-order valence-corrected chi connectivity index (χ3v) is 4.73. The van der Waals surface area contributed by atoms with Gasteiger partial charge in [-0.05, 0) is 31.2 Å². The summed E-state index contributed by atoms with van der Waals surface area (Å²) in [6, 6.07) is 6.28. The lowest BCUT2D eigenvalue weighted by molar-refractivity contribution is -0.115. The Bertz CT molecular complexity index is 909. The maximum absolute atomic E-state index is 12.1. The van der Waals surface area contributed by atoms with Crippen LogP contribution in [0.5, 0.6) is 5.88 Å². The first-order valence-corrected chi connectivity index (χ1v) is 8.98. The van der Waals surface area contributed by atoms with Crippen LogP contribution in [0.1, 0.15) is 6.92 Å². The van der Waals surface area contributed by atoms with Crippen LogP contribution < -0.4 is 16.0 Å². The lowest BCUT2D eigenvalue weighted by Gasteiger charge is -2.11. The van der Waals surface area contributed by atoms with E-state index in [9.17, 15) is 23.1 Å². The van der Waals surface area contributed by atoms with Crippen molar-refractivity contribution in [2.24, 2.45) is 5.14 Å². The first-order valence-electron chi connectivity index (χ1n) is 6.56. The molecule has 9 nitrogen and oxygen atoms in total. The molecule has 0 radical (unpaired) electrons. The average Bonchev–Trinajstić information content (AvgIpc) is 2.45. The van der Waals surface area contributed by atoms with Crippen molar-refractivity contribution in [1.29, 1.82) is 0 Å². The molecule has 2 aromatic rings. The molecule has 1 unspecified atom stereocenters. The van der Waals surface area contributed by atoms with Crippen LogP contribution in [0.2, 0.25) is 0 Å². The van der Waals surface area contributed by atoms with E-state index >= 15 is 0 Å². The zero-order valence-electron chi connectivity index (χ0n) is 12.4. The minimum Gasteiger partial charge on any atom is -0.493 e. The number of hydrogen-bond acceptors (Lipinski definition) is 7. The highest BCUT2D eigenvalue weighted by molar-refractivity contribution is 8.00. The number of amides is 1. The minimum atomic E-state index is -3.80. The average molecular weight is 370 g/mol. The number of carbonyl (C=O) groups is 1. The number of thioether (sulfide) groups is 1.